The van der Waals surface area contributed by atoms with Crippen molar-refractivity contribution in [2.75, 3.05) is 6.61 Å². The van der Waals surface area contributed by atoms with E-state index in [0.29, 0.717) is 13.0 Å². The summed E-state index contributed by atoms with van der Waals surface area (Å²) in [6, 6.07) is 0. The zero-order chi connectivity index (χ0) is 32.7. The molecule has 0 saturated heterocycles. The second-order valence-corrected chi connectivity index (χ2v) is 14.2. The minimum absolute atomic E-state index is 0.265. The molecule has 3 nitrogen and oxygen atoms in total. The molecule has 0 bridgehead atoms. The van der Waals surface area contributed by atoms with Gasteiger partial charge in [-0.15, -0.1) is 0 Å². The van der Waals surface area contributed by atoms with Gasteiger partial charge in [-0.2, -0.15) is 0 Å². The maximum absolute atomic E-state index is 11.9. The fourth-order valence-electron chi connectivity index (χ4n) is 6.42. The highest BCUT2D eigenvalue weighted by atomic mass is 16.5. The van der Waals surface area contributed by atoms with Gasteiger partial charge in [0.1, 0.15) is 0 Å². The van der Waals surface area contributed by atoms with Crippen LogP contribution in [-0.4, -0.2) is 23.8 Å². The second kappa shape index (κ2) is 39.3. The first-order chi connectivity index (χ1) is 22.2. The van der Waals surface area contributed by atoms with E-state index >= 15 is 0 Å². The highest BCUT2D eigenvalue weighted by Gasteiger charge is 2.03. The molecule has 1 atom stereocenters. The third-order valence-electron chi connectivity index (χ3n) is 9.55. The maximum Gasteiger partial charge on any atom is 0.330 e. The molecule has 0 saturated carbocycles. The van der Waals surface area contributed by atoms with Crippen molar-refractivity contribution in [2.45, 2.75) is 245 Å². The van der Waals surface area contributed by atoms with E-state index in [-0.39, 0.29) is 12.1 Å². The Labute approximate surface area is 283 Å². The molecule has 0 aliphatic rings. The molecule has 0 unspecified atom stereocenters. The predicted molar refractivity (Wildman–Crippen MR) is 199 cm³/mol. The summed E-state index contributed by atoms with van der Waals surface area (Å²) in [5, 5.41) is 10.1. The summed E-state index contributed by atoms with van der Waals surface area (Å²) in [6.07, 6.45) is 49.4. The van der Waals surface area contributed by atoms with Crippen LogP contribution in [0, 0.1) is 0 Å². The van der Waals surface area contributed by atoms with Gasteiger partial charge in [0.05, 0.1) is 12.7 Å². The average molecular weight is 635 g/mol. The molecule has 1 N–H and O–H groups in total. The summed E-state index contributed by atoms with van der Waals surface area (Å²) in [7, 11) is 0. The van der Waals surface area contributed by atoms with Gasteiger partial charge in [-0.05, 0) is 19.3 Å². The van der Waals surface area contributed by atoms with Crippen molar-refractivity contribution in [1.82, 2.24) is 0 Å². The standard InChI is InChI=1S/C42H82O3/c1-3-5-7-9-11-13-14-15-16-17-18-19-20-21-22-23-24-25-26-27-28-29-31-33-35-40-45-42(44)39-36-38-41(43)37-34-32-30-12-10-8-6-4-2/h36,39,41,43H,3-35,37-38,40H2,1-2H3/b39-36-/t41-/m1/s1. The van der Waals surface area contributed by atoms with E-state index < -0.39 is 0 Å². The zero-order valence-corrected chi connectivity index (χ0v) is 31.0. The van der Waals surface area contributed by atoms with Crippen molar-refractivity contribution < 1.29 is 14.6 Å². The number of esters is 1. The van der Waals surface area contributed by atoms with Crippen LogP contribution in [0.15, 0.2) is 12.2 Å². The van der Waals surface area contributed by atoms with E-state index in [1.807, 2.05) is 0 Å². The van der Waals surface area contributed by atoms with Crippen LogP contribution in [0.25, 0.3) is 0 Å². The van der Waals surface area contributed by atoms with Gasteiger partial charge in [0.2, 0.25) is 0 Å². The monoisotopic (exact) mass is 635 g/mol. The number of hydrogen-bond donors (Lipinski definition) is 1. The number of ether oxygens (including phenoxy) is 1. The Morgan fingerprint density at radius 2 is 0.756 bits per heavy atom. The maximum atomic E-state index is 11.9. The van der Waals surface area contributed by atoms with Crippen molar-refractivity contribution in [3.8, 4) is 0 Å². The molecule has 3 heteroatoms. The minimum atomic E-state index is -0.340. The Bertz CT molecular complexity index is 586. The molecule has 0 amide bonds. The Kier molecular flexibility index (Phi) is 38.6. The Morgan fingerprint density at radius 1 is 0.467 bits per heavy atom. The van der Waals surface area contributed by atoms with Crippen molar-refractivity contribution in [3.05, 3.63) is 12.2 Å². The van der Waals surface area contributed by atoms with E-state index in [9.17, 15) is 9.90 Å². The lowest BCUT2D eigenvalue weighted by Gasteiger charge is -2.07. The molecular formula is C42H82O3. The molecule has 0 radical (unpaired) electrons. The highest BCUT2D eigenvalue weighted by Crippen LogP contribution is 2.16. The molecule has 0 aliphatic carbocycles. The topological polar surface area (TPSA) is 46.5 Å². The van der Waals surface area contributed by atoms with Gasteiger partial charge in [0.15, 0.2) is 0 Å². The zero-order valence-electron chi connectivity index (χ0n) is 31.0. The van der Waals surface area contributed by atoms with Gasteiger partial charge in [0, 0.05) is 6.08 Å². The molecule has 0 rings (SSSR count). The van der Waals surface area contributed by atoms with E-state index in [2.05, 4.69) is 13.8 Å². The average Bonchev–Trinajstić information content (AvgIpc) is 3.04. The van der Waals surface area contributed by atoms with Crippen LogP contribution in [-0.2, 0) is 9.53 Å². The molecule has 0 heterocycles. The summed E-state index contributed by atoms with van der Waals surface area (Å²) in [4.78, 5) is 11.9. The van der Waals surface area contributed by atoms with Crippen LogP contribution in [0.2, 0.25) is 0 Å². The SMILES string of the molecule is CCCCCCCCCCCCCCCCCCCCCCCCCCCOC(=O)/C=C\C[C@H](O)CCCCCCCCCC. The van der Waals surface area contributed by atoms with E-state index in [1.165, 1.54) is 199 Å². The molecule has 268 valence electrons. The fourth-order valence-corrected chi connectivity index (χ4v) is 6.42. The summed E-state index contributed by atoms with van der Waals surface area (Å²) in [5.74, 6) is -0.265. The molecule has 0 aliphatic heterocycles. The molecular weight excluding hydrogens is 552 g/mol. The van der Waals surface area contributed by atoms with Crippen LogP contribution in [0.1, 0.15) is 239 Å². The van der Waals surface area contributed by atoms with Crippen LogP contribution in [0.3, 0.4) is 0 Å². The first-order valence-electron chi connectivity index (χ1n) is 20.7. The predicted octanol–water partition coefficient (Wildman–Crippen LogP) is 14.1. The van der Waals surface area contributed by atoms with Crippen molar-refractivity contribution in [3.63, 3.8) is 0 Å². The summed E-state index contributed by atoms with van der Waals surface area (Å²) in [6.45, 7) is 5.07. The van der Waals surface area contributed by atoms with Crippen LogP contribution < -0.4 is 0 Å². The summed E-state index contributed by atoms with van der Waals surface area (Å²) in [5.41, 5.74) is 0. The number of aliphatic hydroxyl groups is 1. The van der Waals surface area contributed by atoms with Crippen molar-refractivity contribution in [1.29, 1.82) is 0 Å². The van der Waals surface area contributed by atoms with E-state index in [0.717, 1.165) is 25.7 Å². The molecule has 0 aromatic rings. The van der Waals surface area contributed by atoms with Crippen molar-refractivity contribution >= 4 is 5.97 Å². The lowest BCUT2D eigenvalue weighted by molar-refractivity contribution is -0.137. The van der Waals surface area contributed by atoms with Gasteiger partial charge < -0.3 is 9.84 Å². The third kappa shape index (κ3) is 39.3. The number of unbranched alkanes of at least 4 members (excludes halogenated alkanes) is 31. The highest BCUT2D eigenvalue weighted by molar-refractivity contribution is 5.81. The number of carbonyl (C=O) groups excluding carboxylic acids is 1. The molecule has 0 fully saturated rings. The molecule has 0 spiro atoms. The Hall–Kier alpha value is -0.830. The first-order valence-corrected chi connectivity index (χ1v) is 20.7. The molecule has 45 heavy (non-hydrogen) atoms. The largest absolute Gasteiger partial charge is 0.463 e. The fraction of sp³-hybridized carbons (Fsp3) is 0.929. The van der Waals surface area contributed by atoms with Crippen LogP contribution in [0.4, 0.5) is 0 Å². The second-order valence-electron chi connectivity index (χ2n) is 14.2. The number of hydrogen-bond acceptors (Lipinski definition) is 3. The number of rotatable bonds is 38. The smallest absolute Gasteiger partial charge is 0.330 e. The minimum Gasteiger partial charge on any atom is -0.463 e. The van der Waals surface area contributed by atoms with Gasteiger partial charge in [-0.1, -0.05) is 225 Å². The Morgan fingerprint density at radius 3 is 1.09 bits per heavy atom. The lowest BCUT2D eigenvalue weighted by Crippen LogP contribution is -2.06. The quantitative estimate of drug-likeness (QED) is 0.0417. The van der Waals surface area contributed by atoms with Gasteiger partial charge in [0.25, 0.3) is 0 Å². The Balaban J connectivity index is 3.25. The first kappa shape index (κ1) is 44.2. The van der Waals surface area contributed by atoms with Crippen molar-refractivity contribution in [2.24, 2.45) is 0 Å². The normalized spacial score (nSPS) is 12.3. The van der Waals surface area contributed by atoms with Gasteiger partial charge in [-0.25, -0.2) is 4.79 Å². The van der Waals surface area contributed by atoms with Gasteiger partial charge in [-0.3, -0.25) is 0 Å². The third-order valence-corrected chi connectivity index (χ3v) is 9.55. The number of carbonyl (C=O) groups is 1. The molecule has 0 aromatic carbocycles. The number of aliphatic hydroxyl groups excluding tert-OH is 1. The lowest BCUT2D eigenvalue weighted by atomic mass is 10.0. The summed E-state index contributed by atoms with van der Waals surface area (Å²) >= 11 is 0. The van der Waals surface area contributed by atoms with Gasteiger partial charge >= 0.3 is 5.97 Å². The van der Waals surface area contributed by atoms with E-state index in [1.54, 1.807) is 6.08 Å². The molecule has 0 aromatic heterocycles. The van der Waals surface area contributed by atoms with Crippen LogP contribution in [0.5, 0.6) is 0 Å². The summed E-state index contributed by atoms with van der Waals surface area (Å²) < 4.78 is 5.32. The van der Waals surface area contributed by atoms with Crippen LogP contribution >= 0.6 is 0 Å². The van der Waals surface area contributed by atoms with E-state index in [4.69, 9.17) is 4.74 Å².